The number of anilines is 1. The first-order valence-corrected chi connectivity index (χ1v) is 10.8. The van der Waals surface area contributed by atoms with Crippen LogP contribution < -0.4 is 10.1 Å². The standard InChI is InChI=1S/C21H23FN2O5S/c1-15-13-17(22)5-6-18(15)23-21(25)8-4-16-3-7-19(28-2)20(14-16)30(26,27)24-9-11-29-12-10-24/h3-8,13-14H,9-12H2,1-2H3,(H,23,25)/b8-4+. The number of halogens is 1. The van der Waals surface area contributed by atoms with Gasteiger partial charge in [0, 0.05) is 24.9 Å². The second kappa shape index (κ2) is 9.38. The normalized spacial score (nSPS) is 15.3. The van der Waals surface area contributed by atoms with Crippen molar-refractivity contribution in [3.63, 3.8) is 0 Å². The molecule has 2 aromatic carbocycles. The van der Waals surface area contributed by atoms with Crippen LogP contribution in [0.5, 0.6) is 5.75 Å². The lowest BCUT2D eigenvalue weighted by Crippen LogP contribution is -2.40. The number of nitrogens with one attached hydrogen (secondary N) is 1. The minimum atomic E-state index is -3.77. The number of carbonyl (C=O) groups is 1. The van der Waals surface area contributed by atoms with Crippen molar-refractivity contribution in [2.24, 2.45) is 0 Å². The second-order valence-corrected chi connectivity index (χ2v) is 8.61. The van der Waals surface area contributed by atoms with Gasteiger partial charge in [0.1, 0.15) is 16.5 Å². The van der Waals surface area contributed by atoms with Gasteiger partial charge in [-0.15, -0.1) is 0 Å². The van der Waals surface area contributed by atoms with Crippen LogP contribution in [0.2, 0.25) is 0 Å². The number of amides is 1. The van der Waals surface area contributed by atoms with Gasteiger partial charge in [-0.2, -0.15) is 4.31 Å². The minimum Gasteiger partial charge on any atom is -0.495 e. The van der Waals surface area contributed by atoms with E-state index < -0.39 is 15.9 Å². The molecule has 1 aliphatic heterocycles. The molecule has 9 heteroatoms. The van der Waals surface area contributed by atoms with Crippen LogP contribution in [0.3, 0.4) is 0 Å². The largest absolute Gasteiger partial charge is 0.495 e. The molecule has 2 aromatic rings. The minimum absolute atomic E-state index is 0.0313. The van der Waals surface area contributed by atoms with E-state index in [0.717, 1.165) is 0 Å². The van der Waals surface area contributed by atoms with Crippen LogP contribution in [-0.4, -0.2) is 52.0 Å². The van der Waals surface area contributed by atoms with Gasteiger partial charge >= 0.3 is 0 Å². The Hall–Kier alpha value is -2.75. The Labute approximate surface area is 175 Å². The Morgan fingerprint density at radius 2 is 1.93 bits per heavy atom. The zero-order valence-corrected chi connectivity index (χ0v) is 17.5. The maximum Gasteiger partial charge on any atom is 0.248 e. The van der Waals surface area contributed by atoms with Crippen LogP contribution in [0.1, 0.15) is 11.1 Å². The lowest BCUT2D eigenvalue weighted by molar-refractivity contribution is -0.111. The number of benzene rings is 2. The van der Waals surface area contributed by atoms with Gasteiger partial charge in [0.05, 0.1) is 20.3 Å². The fourth-order valence-electron chi connectivity index (χ4n) is 3.04. The van der Waals surface area contributed by atoms with Gasteiger partial charge in [0.25, 0.3) is 0 Å². The van der Waals surface area contributed by atoms with Gasteiger partial charge < -0.3 is 14.8 Å². The smallest absolute Gasteiger partial charge is 0.248 e. The van der Waals surface area contributed by atoms with Crippen LogP contribution in [0.25, 0.3) is 6.08 Å². The summed E-state index contributed by atoms with van der Waals surface area (Å²) in [6.07, 6.45) is 2.79. The highest BCUT2D eigenvalue weighted by Crippen LogP contribution is 2.29. The predicted octanol–water partition coefficient (Wildman–Crippen LogP) is 2.82. The van der Waals surface area contributed by atoms with E-state index in [4.69, 9.17) is 9.47 Å². The highest BCUT2D eigenvalue weighted by Gasteiger charge is 2.29. The Balaban J connectivity index is 1.81. The quantitative estimate of drug-likeness (QED) is 0.707. The van der Waals surface area contributed by atoms with Crippen molar-refractivity contribution in [3.05, 3.63) is 59.4 Å². The van der Waals surface area contributed by atoms with Crippen LogP contribution in [0.4, 0.5) is 10.1 Å². The molecule has 0 radical (unpaired) electrons. The van der Waals surface area contributed by atoms with Crippen LogP contribution in [0, 0.1) is 12.7 Å². The summed E-state index contributed by atoms with van der Waals surface area (Å²) in [5.41, 5.74) is 1.62. The average molecular weight is 434 g/mol. The Kier molecular flexibility index (Phi) is 6.86. The van der Waals surface area contributed by atoms with E-state index in [1.165, 1.54) is 47.8 Å². The number of ether oxygens (including phenoxy) is 2. The number of carbonyl (C=O) groups excluding carboxylic acids is 1. The molecule has 0 aliphatic carbocycles. The third kappa shape index (κ3) is 5.05. The molecule has 0 atom stereocenters. The van der Waals surface area contributed by atoms with Gasteiger partial charge in [-0.3, -0.25) is 4.79 Å². The third-order valence-electron chi connectivity index (χ3n) is 4.65. The maximum atomic E-state index is 13.2. The van der Waals surface area contributed by atoms with Crippen LogP contribution in [0.15, 0.2) is 47.4 Å². The first-order chi connectivity index (χ1) is 14.3. The molecule has 1 fully saturated rings. The van der Waals surface area contributed by atoms with E-state index in [1.807, 2.05) is 0 Å². The first kappa shape index (κ1) is 21.9. The summed E-state index contributed by atoms with van der Waals surface area (Å²) in [4.78, 5) is 12.2. The summed E-state index contributed by atoms with van der Waals surface area (Å²) in [7, 11) is -2.36. The van der Waals surface area contributed by atoms with Crippen molar-refractivity contribution in [2.45, 2.75) is 11.8 Å². The summed E-state index contributed by atoms with van der Waals surface area (Å²) in [6, 6.07) is 8.75. The molecule has 160 valence electrons. The number of rotatable bonds is 6. The van der Waals surface area contributed by atoms with Crippen molar-refractivity contribution in [1.29, 1.82) is 0 Å². The molecule has 0 bridgehead atoms. The Bertz CT molecular complexity index is 1060. The highest BCUT2D eigenvalue weighted by atomic mass is 32.2. The summed E-state index contributed by atoms with van der Waals surface area (Å²) in [5, 5.41) is 2.67. The molecule has 0 spiro atoms. The van der Waals surface area contributed by atoms with E-state index in [0.29, 0.717) is 30.0 Å². The molecular formula is C21H23FN2O5S. The SMILES string of the molecule is COc1ccc(/C=C/C(=O)Nc2ccc(F)cc2C)cc1S(=O)(=O)N1CCOCC1. The molecule has 1 amide bonds. The van der Waals surface area contributed by atoms with Crippen molar-refractivity contribution in [3.8, 4) is 5.75 Å². The molecule has 1 N–H and O–H groups in total. The van der Waals surface area contributed by atoms with E-state index in [9.17, 15) is 17.6 Å². The van der Waals surface area contributed by atoms with Gasteiger partial charge in [0.15, 0.2) is 0 Å². The molecule has 30 heavy (non-hydrogen) atoms. The Morgan fingerprint density at radius 3 is 2.60 bits per heavy atom. The summed E-state index contributed by atoms with van der Waals surface area (Å²) < 4.78 is 51.0. The number of hydrogen-bond acceptors (Lipinski definition) is 5. The molecule has 1 saturated heterocycles. The van der Waals surface area contributed by atoms with Crippen molar-refractivity contribution in [2.75, 3.05) is 38.7 Å². The van der Waals surface area contributed by atoms with Gasteiger partial charge in [-0.25, -0.2) is 12.8 Å². The zero-order valence-electron chi connectivity index (χ0n) is 16.7. The molecule has 0 saturated carbocycles. The van der Waals surface area contributed by atoms with Gasteiger partial charge in [-0.05, 0) is 54.5 Å². The second-order valence-electron chi connectivity index (χ2n) is 6.71. The Morgan fingerprint density at radius 1 is 1.20 bits per heavy atom. The highest BCUT2D eigenvalue weighted by molar-refractivity contribution is 7.89. The van der Waals surface area contributed by atoms with Crippen molar-refractivity contribution >= 4 is 27.7 Å². The van der Waals surface area contributed by atoms with Crippen molar-refractivity contribution < 1.29 is 27.1 Å². The molecule has 1 aliphatic rings. The van der Waals surface area contributed by atoms with Crippen LogP contribution >= 0.6 is 0 Å². The maximum absolute atomic E-state index is 13.2. The molecule has 0 unspecified atom stereocenters. The third-order valence-corrected chi connectivity index (χ3v) is 6.57. The number of hydrogen-bond donors (Lipinski definition) is 1. The number of nitrogens with zero attached hydrogens (tertiary/aromatic N) is 1. The van der Waals surface area contributed by atoms with E-state index >= 15 is 0 Å². The molecule has 0 aromatic heterocycles. The topological polar surface area (TPSA) is 84.9 Å². The molecular weight excluding hydrogens is 411 g/mol. The lowest BCUT2D eigenvalue weighted by atomic mass is 10.2. The number of morpholine rings is 1. The van der Waals surface area contributed by atoms with Crippen molar-refractivity contribution in [1.82, 2.24) is 4.31 Å². The number of methoxy groups -OCH3 is 1. The lowest BCUT2D eigenvalue weighted by Gasteiger charge is -2.26. The summed E-state index contributed by atoms with van der Waals surface area (Å²) >= 11 is 0. The molecule has 7 nitrogen and oxygen atoms in total. The number of aryl methyl sites for hydroxylation is 1. The average Bonchev–Trinajstić information content (AvgIpc) is 2.74. The fraction of sp³-hybridized carbons (Fsp3) is 0.286. The van der Waals surface area contributed by atoms with Crippen LogP contribution in [-0.2, 0) is 19.6 Å². The van der Waals surface area contributed by atoms with E-state index in [1.54, 1.807) is 19.1 Å². The number of sulfonamides is 1. The van der Waals surface area contributed by atoms with Gasteiger partial charge in [-0.1, -0.05) is 6.07 Å². The molecule has 1 heterocycles. The van der Waals surface area contributed by atoms with E-state index in [2.05, 4.69) is 5.32 Å². The summed E-state index contributed by atoms with van der Waals surface area (Å²) in [5.74, 6) is -0.573. The monoisotopic (exact) mass is 434 g/mol. The zero-order chi connectivity index (χ0) is 21.7. The molecule has 3 rings (SSSR count). The van der Waals surface area contributed by atoms with E-state index in [-0.39, 0.29) is 29.6 Å². The van der Waals surface area contributed by atoms with Gasteiger partial charge in [0.2, 0.25) is 15.9 Å². The summed E-state index contributed by atoms with van der Waals surface area (Å²) in [6.45, 7) is 2.90. The fourth-order valence-corrected chi connectivity index (χ4v) is 4.64. The predicted molar refractivity (Wildman–Crippen MR) is 111 cm³/mol. The first-order valence-electron chi connectivity index (χ1n) is 9.32.